The quantitative estimate of drug-likeness (QED) is 0.817. The molecule has 0 spiro atoms. The lowest BCUT2D eigenvalue weighted by Crippen LogP contribution is -2.36. The van der Waals surface area contributed by atoms with E-state index in [1.54, 1.807) is 11.5 Å². The van der Waals surface area contributed by atoms with Crippen LogP contribution >= 0.6 is 0 Å². The number of nitrogens with zero attached hydrogens (tertiary/aromatic N) is 2. The zero-order valence-electron chi connectivity index (χ0n) is 10.1. The zero-order chi connectivity index (χ0) is 12.6. The van der Waals surface area contributed by atoms with E-state index in [4.69, 9.17) is 5.11 Å². The van der Waals surface area contributed by atoms with E-state index in [9.17, 15) is 9.59 Å². The molecular formula is C12H16N2O3. The number of carbonyl (C=O) groups is 1. The molecule has 0 aromatic carbocycles. The van der Waals surface area contributed by atoms with Gasteiger partial charge in [-0.2, -0.15) is 0 Å². The topological polar surface area (TPSA) is 62.5 Å². The molecule has 2 heterocycles. The number of fused-ring (bicyclic) bond motifs is 1. The van der Waals surface area contributed by atoms with Crippen molar-refractivity contribution in [1.29, 1.82) is 0 Å². The molecule has 5 nitrogen and oxygen atoms in total. The lowest BCUT2D eigenvalue weighted by molar-refractivity contribution is -0.136. The smallest absolute Gasteiger partial charge is 0.307 e. The highest BCUT2D eigenvalue weighted by Crippen LogP contribution is 2.25. The van der Waals surface area contributed by atoms with E-state index >= 15 is 0 Å². The first-order valence-corrected chi connectivity index (χ1v) is 5.67. The van der Waals surface area contributed by atoms with Crippen molar-refractivity contribution >= 4 is 11.8 Å². The summed E-state index contributed by atoms with van der Waals surface area (Å²) in [5.41, 5.74) is 1.47. The number of carboxylic acid groups (broad SMARTS) is 1. The molecular weight excluding hydrogens is 220 g/mol. The lowest BCUT2D eigenvalue weighted by atomic mass is 10.0. The molecule has 1 N–H and O–H groups in total. The number of pyridine rings is 1. The number of hydrogen-bond acceptors (Lipinski definition) is 3. The molecule has 0 fully saturated rings. The predicted molar refractivity (Wildman–Crippen MR) is 64.7 cm³/mol. The van der Waals surface area contributed by atoms with Gasteiger partial charge in [0.1, 0.15) is 5.82 Å². The van der Waals surface area contributed by atoms with Crippen LogP contribution in [0.2, 0.25) is 0 Å². The Morgan fingerprint density at radius 2 is 2.18 bits per heavy atom. The number of aromatic nitrogens is 1. The Morgan fingerprint density at radius 3 is 2.82 bits per heavy atom. The van der Waals surface area contributed by atoms with Crippen LogP contribution in [0.5, 0.6) is 0 Å². The van der Waals surface area contributed by atoms with Crippen molar-refractivity contribution < 1.29 is 9.90 Å². The van der Waals surface area contributed by atoms with E-state index in [1.165, 1.54) is 6.07 Å². The van der Waals surface area contributed by atoms with Crippen LogP contribution < -0.4 is 10.5 Å². The van der Waals surface area contributed by atoms with Gasteiger partial charge in [0.25, 0.3) is 5.56 Å². The summed E-state index contributed by atoms with van der Waals surface area (Å²) in [5, 5.41) is 8.94. The number of aliphatic carboxylic acids is 1. The molecule has 0 atom stereocenters. The maximum absolute atomic E-state index is 11.9. The number of carboxylic acids is 1. The minimum Gasteiger partial charge on any atom is -0.481 e. The molecule has 0 radical (unpaired) electrons. The highest BCUT2D eigenvalue weighted by Gasteiger charge is 2.21. The molecule has 2 rings (SSSR count). The Kier molecular flexibility index (Phi) is 2.92. The van der Waals surface area contributed by atoms with Gasteiger partial charge >= 0.3 is 5.97 Å². The third-order valence-electron chi connectivity index (χ3n) is 3.17. The average molecular weight is 236 g/mol. The first kappa shape index (κ1) is 11.7. The van der Waals surface area contributed by atoms with Crippen molar-refractivity contribution in [3.05, 3.63) is 27.5 Å². The Hall–Kier alpha value is -1.78. The molecule has 92 valence electrons. The zero-order valence-corrected chi connectivity index (χ0v) is 10.1. The van der Waals surface area contributed by atoms with Crippen LogP contribution in [0.1, 0.15) is 17.5 Å². The molecule has 0 amide bonds. The van der Waals surface area contributed by atoms with Gasteiger partial charge in [-0.05, 0) is 18.9 Å². The van der Waals surface area contributed by atoms with Gasteiger partial charge in [-0.3, -0.25) is 14.2 Å². The molecule has 0 aliphatic carbocycles. The largest absolute Gasteiger partial charge is 0.481 e. The Bertz CT molecular complexity index is 519. The van der Waals surface area contributed by atoms with Gasteiger partial charge in [-0.1, -0.05) is 0 Å². The van der Waals surface area contributed by atoms with Gasteiger partial charge in [0.2, 0.25) is 0 Å². The Balaban J connectivity index is 2.65. The summed E-state index contributed by atoms with van der Waals surface area (Å²) >= 11 is 0. The monoisotopic (exact) mass is 236 g/mol. The Morgan fingerprint density at radius 1 is 1.47 bits per heavy atom. The summed E-state index contributed by atoms with van der Waals surface area (Å²) in [4.78, 5) is 24.7. The number of rotatable bonds is 2. The number of hydrogen-bond donors (Lipinski definition) is 1. The van der Waals surface area contributed by atoms with Crippen LogP contribution in [0.3, 0.4) is 0 Å². The summed E-state index contributed by atoms with van der Waals surface area (Å²) in [5.74, 6) is -0.0998. The van der Waals surface area contributed by atoms with Crippen LogP contribution in [0, 0.1) is 6.92 Å². The van der Waals surface area contributed by atoms with E-state index in [1.807, 2.05) is 11.9 Å². The molecule has 0 saturated carbocycles. The maximum Gasteiger partial charge on any atom is 0.307 e. The molecule has 0 saturated heterocycles. The van der Waals surface area contributed by atoms with Gasteiger partial charge in [-0.15, -0.1) is 0 Å². The fourth-order valence-corrected chi connectivity index (χ4v) is 2.39. The second kappa shape index (κ2) is 4.24. The highest BCUT2D eigenvalue weighted by molar-refractivity contribution is 5.73. The second-order valence-electron chi connectivity index (χ2n) is 4.47. The van der Waals surface area contributed by atoms with Crippen LogP contribution in [0.15, 0.2) is 10.9 Å². The highest BCUT2D eigenvalue weighted by atomic mass is 16.4. The van der Waals surface area contributed by atoms with Crippen molar-refractivity contribution in [1.82, 2.24) is 4.57 Å². The predicted octanol–water partition coefficient (Wildman–Crippen LogP) is 0.624. The minimum absolute atomic E-state index is 0.0359. The lowest BCUT2D eigenvalue weighted by Gasteiger charge is -2.31. The Labute approximate surface area is 99.3 Å². The summed E-state index contributed by atoms with van der Waals surface area (Å²) < 4.78 is 1.68. The van der Waals surface area contributed by atoms with Crippen molar-refractivity contribution in [3.63, 3.8) is 0 Å². The van der Waals surface area contributed by atoms with Crippen LogP contribution in [0.25, 0.3) is 0 Å². The van der Waals surface area contributed by atoms with Crippen molar-refractivity contribution in [2.45, 2.75) is 26.3 Å². The van der Waals surface area contributed by atoms with Gasteiger partial charge in [-0.25, -0.2) is 0 Å². The minimum atomic E-state index is -0.867. The third-order valence-corrected chi connectivity index (χ3v) is 3.17. The second-order valence-corrected chi connectivity index (χ2v) is 4.47. The summed E-state index contributed by atoms with van der Waals surface area (Å²) in [6.07, 6.45) is 0.880. The molecule has 17 heavy (non-hydrogen) atoms. The normalized spacial score (nSPS) is 14.6. The van der Waals surface area contributed by atoms with Gasteiger partial charge < -0.3 is 10.0 Å². The standard InChI is InChI=1S/C12H16N2O3/c1-8-6-10(15)14-5-3-4-13(2)12(14)9(8)7-11(16)17/h6H,3-5,7H2,1-2H3,(H,16,17). The van der Waals surface area contributed by atoms with Gasteiger partial charge in [0, 0.05) is 31.8 Å². The fourth-order valence-electron chi connectivity index (χ4n) is 2.39. The fraction of sp³-hybridized carbons (Fsp3) is 0.500. The first-order valence-electron chi connectivity index (χ1n) is 5.67. The van der Waals surface area contributed by atoms with Gasteiger partial charge in [0.15, 0.2) is 0 Å². The van der Waals surface area contributed by atoms with Crippen molar-refractivity contribution in [2.75, 3.05) is 18.5 Å². The first-order chi connectivity index (χ1) is 8.00. The molecule has 1 aromatic heterocycles. The van der Waals surface area contributed by atoms with E-state index in [0.29, 0.717) is 6.54 Å². The van der Waals surface area contributed by atoms with E-state index in [2.05, 4.69) is 0 Å². The SMILES string of the molecule is Cc1cc(=O)n2c(c1CC(=O)O)N(C)CCC2. The summed E-state index contributed by atoms with van der Waals surface area (Å²) in [6, 6.07) is 1.53. The third kappa shape index (κ3) is 2.05. The van der Waals surface area contributed by atoms with Crippen molar-refractivity contribution in [2.24, 2.45) is 0 Å². The number of anilines is 1. The molecule has 1 aromatic rings. The van der Waals surface area contributed by atoms with Crippen LogP contribution in [-0.2, 0) is 17.8 Å². The van der Waals surface area contributed by atoms with E-state index < -0.39 is 5.97 Å². The van der Waals surface area contributed by atoms with Crippen LogP contribution in [-0.4, -0.2) is 29.2 Å². The molecule has 5 heteroatoms. The molecule has 0 unspecified atom stereocenters. The summed E-state index contributed by atoms with van der Waals surface area (Å²) in [7, 11) is 1.90. The van der Waals surface area contributed by atoms with Crippen LogP contribution in [0.4, 0.5) is 5.82 Å². The molecule has 1 aliphatic rings. The van der Waals surface area contributed by atoms with Crippen molar-refractivity contribution in [3.8, 4) is 0 Å². The molecule has 0 bridgehead atoms. The average Bonchev–Trinajstić information content (AvgIpc) is 2.24. The number of aryl methyl sites for hydroxylation is 1. The van der Waals surface area contributed by atoms with E-state index in [0.717, 1.165) is 29.9 Å². The van der Waals surface area contributed by atoms with Gasteiger partial charge in [0.05, 0.1) is 6.42 Å². The maximum atomic E-state index is 11.9. The summed E-state index contributed by atoms with van der Waals surface area (Å²) in [6.45, 7) is 3.32. The molecule has 1 aliphatic heterocycles. The van der Waals surface area contributed by atoms with E-state index in [-0.39, 0.29) is 12.0 Å².